The number of halogens is 2. The molecule has 1 aromatic heterocycles. The van der Waals surface area contributed by atoms with Crippen LogP contribution in [0.25, 0.3) is 16.6 Å². The second-order valence-electron chi connectivity index (χ2n) is 7.04. The minimum Gasteiger partial charge on any atom is -0.313 e. The Kier molecular flexibility index (Phi) is 4.91. The largest absolute Gasteiger partial charge is 0.313 e. The van der Waals surface area contributed by atoms with E-state index in [0.717, 1.165) is 61.1 Å². The van der Waals surface area contributed by atoms with Gasteiger partial charge in [0.25, 0.3) is 0 Å². The molecule has 138 valence electrons. The summed E-state index contributed by atoms with van der Waals surface area (Å²) in [4.78, 5) is 2.37. The van der Waals surface area contributed by atoms with Gasteiger partial charge < -0.3 is 4.57 Å². The first-order chi connectivity index (χ1) is 13.2. The number of aromatic nitrogens is 1. The molecule has 0 aliphatic carbocycles. The number of rotatable bonds is 5. The second-order valence-corrected chi connectivity index (χ2v) is 7.04. The molecular weight excluding hydrogens is 344 g/mol. The summed E-state index contributed by atoms with van der Waals surface area (Å²) in [5.41, 5.74) is 4.19. The van der Waals surface area contributed by atoms with E-state index in [-0.39, 0.29) is 11.6 Å². The van der Waals surface area contributed by atoms with Crippen molar-refractivity contribution in [3.05, 3.63) is 65.4 Å². The Morgan fingerprint density at radius 1 is 1.00 bits per heavy atom. The zero-order chi connectivity index (χ0) is 18.8. The van der Waals surface area contributed by atoms with Crippen LogP contribution in [0.1, 0.15) is 30.5 Å². The van der Waals surface area contributed by atoms with E-state index in [0.29, 0.717) is 6.42 Å². The minimum absolute atomic E-state index is 0.243. The molecule has 0 bridgehead atoms. The highest BCUT2D eigenvalue weighted by molar-refractivity contribution is 5.87. The minimum atomic E-state index is -0.265. The number of hydrogen-bond donors (Lipinski definition) is 0. The number of benzene rings is 2. The monoisotopic (exact) mass is 365 g/mol. The first kappa shape index (κ1) is 17.7. The molecule has 27 heavy (non-hydrogen) atoms. The van der Waals surface area contributed by atoms with Crippen molar-refractivity contribution in [2.24, 2.45) is 0 Å². The lowest BCUT2D eigenvalue weighted by molar-refractivity contribution is 0.248. The fourth-order valence-corrected chi connectivity index (χ4v) is 4.00. The smallest absolute Gasteiger partial charge is 0.123 e. The highest BCUT2D eigenvalue weighted by Crippen LogP contribution is 2.34. The summed E-state index contributed by atoms with van der Waals surface area (Å²) in [6.07, 6.45) is 3.36. The first-order valence-corrected chi connectivity index (χ1v) is 9.34. The summed E-state index contributed by atoms with van der Waals surface area (Å²) >= 11 is 0. The van der Waals surface area contributed by atoms with E-state index in [1.54, 1.807) is 18.2 Å². The number of hydrogen-bond acceptors (Lipinski definition) is 2. The van der Waals surface area contributed by atoms with Crippen molar-refractivity contribution in [2.45, 2.75) is 32.2 Å². The Morgan fingerprint density at radius 2 is 1.78 bits per heavy atom. The van der Waals surface area contributed by atoms with Gasteiger partial charge >= 0.3 is 0 Å². The predicted molar refractivity (Wildman–Crippen MR) is 102 cm³/mol. The maximum atomic E-state index is 14.0. The second kappa shape index (κ2) is 7.50. The van der Waals surface area contributed by atoms with Crippen LogP contribution in [0, 0.1) is 23.0 Å². The molecule has 0 N–H and O–H groups in total. The van der Waals surface area contributed by atoms with Gasteiger partial charge in [-0.3, -0.25) is 4.90 Å². The van der Waals surface area contributed by atoms with Gasteiger partial charge in [0.15, 0.2) is 0 Å². The van der Waals surface area contributed by atoms with Gasteiger partial charge in [0.1, 0.15) is 11.6 Å². The SMILES string of the molecule is N#CCCCCN1CCc2c(c3cc(F)ccc3n2-c2ccc(F)cc2)C1. The summed E-state index contributed by atoms with van der Waals surface area (Å²) in [6, 6.07) is 13.5. The topological polar surface area (TPSA) is 32.0 Å². The van der Waals surface area contributed by atoms with Crippen molar-refractivity contribution in [2.75, 3.05) is 13.1 Å². The van der Waals surface area contributed by atoms with Crippen LogP contribution in [0.4, 0.5) is 8.78 Å². The molecular formula is C22H21F2N3. The third-order valence-electron chi connectivity index (χ3n) is 5.29. The molecule has 0 fully saturated rings. The van der Waals surface area contributed by atoms with Crippen molar-refractivity contribution < 1.29 is 8.78 Å². The Morgan fingerprint density at radius 3 is 2.56 bits per heavy atom. The van der Waals surface area contributed by atoms with Crippen molar-refractivity contribution in [1.29, 1.82) is 5.26 Å². The maximum absolute atomic E-state index is 14.0. The van der Waals surface area contributed by atoms with Crippen molar-refractivity contribution in [1.82, 2.24) is 9.47 Å². The van der Waals surface area contributed by atoms with E-state index in [1.807, 2.05) is 6.07 Å². The zero-order valence-electron chi connectivity index (χ0n) is 15.1. The van der Waals surface area contributed by atoms with Crippen molar-refractivity contribution in [3.63, 3.8) is 0 Å². The summed E-state index contributed by atoms with van der Waals surface area (Å²) < 4.78 is 29.5. The molecule has 3 aromatic rings. The summed E-state index contributed by atoms with van der Waals surface area (Å²) in [7, 11) is 0. The van der Waals surface area contributed by atoms with E-state index >= 15 is 0 Å². The zero-order valence-corrected chi connectivity index (χ0v) is 15.1. The third kappa shape index (κ3) is 3.45. The molecule has 0 unspecified atom stereocenters. The van der Waals surface area contributed by atoms with E-state index < -0.39 is 0 Å². The van der Waals surface area contributed by atoms with E-state index in [2.05, 4.69) is 15.5 Å². The van der Waals surface area contributed by atoms with Gasteiger partial charge in [-0.05, 0) is 67.4 Å². The van der Waals surface area contributed by atoms with Crippen LogP contribution in [0.5, 0.6) is 0 Å². The lowest BCUT2D eigenvalue weighted by atomic mass is 10.0. The molecule has 2 aromatic carbocycles. The number of nitriles is 1. The van der Waals surface area contributed by atoms with E-state index in [4.69, 9.17) is 5.26 Å². The highest BCUT2D eigenvalue weighted by Gasteiger charge is 2.24. The Labute approximate surface area is 157 Å². The van der Waals surface area contributed by atoms with Gasteiger partial charge in [0.05, 0.1) is 11.6 Å². The van der Waals surface area contributed by atoms with Crippen LogP contribution in [0.15, 0.2) is 42.5 Å². The lowest BCUT2D eigenvalue weighted by Gasteiger charge is -2.28. The molecule has 1 aliphatic rings. The van der Waals surface area contributed by atoms with Gasteiger partial charge in [-0.25, -0.2) is 8.78 Å². The molecule has 0 saturated heterocycles. The van der Waals surface area contributed by atoms with Crippen LogP contribution in [0.2, 0.25) is 0 Å². The quantitative estimate of drug-likeness (QED) is 0.599. The van der Waals surface area contributed by atoms with Gasteiger partial charge in [0.2, 0.25) is 0 Å². The molecule has 3 nitrogen and oxygen atoms in total. The van der Waals surface area contributed by atoms with E-state index in [1.165, 1.54) is 23.9 Å². The first-order valence-electron chi connectivity index (χ1n) is 9.34. The predicted octanol–water partition coefficient (Wildman–Crippen LogP) is 4.96. The van der Waals surface area contributed by atoms with Gasteiger partial charge in [-0.1, -0.05) is 0 Å². The van der Waals surface area contributed by atoms with Crippen LogP contribution >= 0.6 is 0 Å². The molecule has 0 amide bonds. The van der Waals surface area contributed by atoms with Gasteiger partial charge in [-0.15, -0.1) is 0 Å². The molecule has 0 spiro atoms. The fraction of sp³-hybridized carbons (Fsp3) is 0.318. The molecule has 4 rings (SSSR count). The lowest BCUT2D eigenvalue weighted by Crippen LogP contribution is -2.31. The van der Waals surface area contributed by atoms with Gasteiger partial charge in [0, 0.05) is 42.7 Å². The summed E-state index contributed by atoms with van der Waals surface area (Å²) in [5, 5.41) is 9.61. The third-order valence-corrected chi connectivity index (χ3v) is 5.29. The van der Waals surface area contributed by atoms with Crippen LogP contribution in [-0.2, 0) is 13.0 Å². The summed E-state index contributed by atoms with van der Waals surface area (Å²) in [6.45, 7) is 2.65. The standard InChI is InChI=1S/C22H21F2N3/c23-16-4-7-18(8-5-16)27-21-9-6-17(24)14-19(21)20-15-26(13-10-22(20)27)12-3-1-2-11-25/h4-9,14H,1-3,10,12-13,15H2. The highest BCUT2D eigenvalue weighted by atomic mass is 19.1. The van der Waals surface area contributed by atoms with Crippen molar-refractivity contribution >= 4 is 10.9 Å². The average Bonchev–Trinajstić information content (AvgIpc) is 2.99. The fourth-order valence-electron chi connectivity index (χ4n) is 4.00. The Bertz CT molecular complexity index is 999. The molecule has 0 atom stereocenters. The number of fused-ring (bicyclic) bond motifs is 3. The van der Waals surface area contributed by atoms with Crippen LogP contribution in [-0.4, -0.2) is 22.6 Å². The molecule has 0 saturated carbocycles. The molecule has 5 heteroatoms. The Hall–Kier alpha value is -2.71. The van der Waals surface area contributed by atoms with E-state index in [9.17, 15) is 8.78 Å². The van der Waals surface area contributed by atoms with Crippen LogP contribution in [0.3, 0.4) is 0 Å². The average molecular weight is 365 g/mol. The number of nitrogens with zero attached hydrogens (tertiary/aromatic N) is 3. The van der Waals surface area contributed by atoms with Crippen molar-refractivity contribution in [3.8, 4) is 11.8 Å². The Balaban J connectivity index is 1.72. The van der Waals surface area contributed by atoms with Crippen LogP contribution < -0.4 is 0 Å². The normalized spacial score (nSPS) is 14.3. The summed E-state index contributed by atoms with van der Waals surface area (Å²) in [5.74, 6) is -0.508. The number of unbranched alkanes of at least 4 members (excludes halogenated alkanes) is 2. The molecule has 0 radical (unpaired) electrons. The maximum Gasteiger partial charge on any atom is 0.123 e. The van der Waals surface area contributed by atoms with Gasteiger partial charge in [-0.2, -0.15) is 5.26 Å². The molecule has 2 heterocycles. The molecule has 1 aliphatic heterocycles.